The lowest BCUT2D eigenvalue weighted by Gasteiger charge is -2.30. The molecule has 1 N–H and O–H groups in total. The molecule has 6 nitrogen and oxygen atoms in total. The zero-order chi connectivity index (χ0) is 24.0. The van der Waals surface area contributed by atoms with Crippen molar-refractivity contribution in [2.24, 2.45) is 5.92 Å². The van der Waals surface area contributed by atoms with Crippen molar-refractivity contribution in [1.82, 2.24) is 9.62 Å². The maximum absolute atomic E-state index is 12.9. The number of aryl methyl sites for hydroxylation is 1. The molecule has 0 spiro atoms. The lowest BCUT2D eigenvalue weighted by molar-refractivity contribution is -0.126. The van der Waals surface area contributed by atoms with Crippen molar-refractivity contribution < 1.29 is 17.9 Å². The molecule has 1 saturated heterocycles. The predicted molar refractivity (Wildman–Crippen MR) is 134 cm³/mol. The highest BCUT2D eigenvalue weighted by Crippen LogP contribution is 2.28. The Hall–Kier alpha value is -2.52. The Balaban J connectivity index is 1.25. The molecule has 3 aromatic rings. The minimum absolute atomic E-state index is 0.0995. The molecule has 0 radical (unpaired) electrons. The van der Waals surface area contributed by atoms with Gasteiger partial charge in [-0.1, -0.05) is 54.6 Å². The number of ether oxygens (including phenoxy) is 1. The first-order valence-corrected chi connectivity index (χ1v) is 13.7. The van der Waals surface area contributed by atoms with Crippen LogP contribution in [-0.4, -0.2) is 31.7 Å². The number of thiophene rings is 1. The fourth-order valence-electron chi connectivity index (χ4n) is 4.00. The molecule has 34 heavy (non-hydrogen) atoms. The van der Waals surface area contributed by atoms with Gasteiger partial charge in [-0.15, -0.1) is 11.3 Å². The van der Waals surface area contributed by atoms with Crippen LogP contribution >= 0.6 is 11.3 Å². The fourth-order valence-corrected chi connectivity index (χ4v) is 6.96. The second-order valence-electron chi connectivity index (χ2n) is 8.58. The van der Waals surface area contributed by atoms with E-state index >= 15 is 0 Å². The molecule has 1 aromatic heterocycles. The Bertz CT molecular complexity index is 1190. The van der Waals surface area contributed by atoms with Crippen LogP contribution in [0.15, 0.2) is 70.9 Å². The molecule has 0 aliphatic carbocycles. The minimum Gasteiger partial charge on any atom is -0.372 e. The van der Waals surface area contributed by atoms with Gasteiger partial charge in [-0.25, -0.2) is 8.42 Å². The monoisotopic (exact) mass is 498 g/mol. The molecular formula is C26H30N2O4S2. The molecule has 1 aliphatic heterocycles. The van der Waals surface area contributed by atoms with Crippen molar-refractivity contribution in [3.05, 3.63) is 88.3 Å². The number of sulfonamides is 1. The molecule has 1 fully saturated rings. The topological polar surface area (TPSA) is 75.7 Å². The van der Waals surface area contributed by atoms with Crippen LogP contribution in [0.25, 0.3) is 0 Å². The highest BCUT2D eigenvalue weighted by molar-refractivity contribution is 7.91. The third kappa shape index (κ3) is 6.33. The Labute approximate surface area is 205 Å². The predicted octanol–water partition coefficient (Wildman–Crippen LogP) is 4.49. The van der Waals surface area contributed by atoms with Gasteiger partial charge >= 0.3 is 0 Å². The normalized spacial score (nSPS) is 16.9. The van der Waals surface area contributed by atoms with Crippen molar-refractivity contribution in [2.75, 3.05) is 13.1 Å². The zero-order valence-electron chi connectivity index (χ0n) is 19.3. The summed E-state index contributed by atoms with van der Waals surface area (Å²) in [5, 5.41) is 2.98. The van der Waals surface area contributed by atoms with E-state index in [0.717, 1.165) is 21.6 Å². The summed E-state index contributed by atoms with van der Waals surface area (Å²) >= 11 is 1.27. The van der Waals surface area contributed by atoms with Crippen LogP contribution < -0.4 is 5.32 Å². The molecule has 1 unspecified atom stereocenters. The van der Waals surface area contributed by atoms with Crippen LogP contribution in [0.4, 0.5) is 0 Å². The molecule has 1 amide bonds. The summed E-state index contributed by atoms with van der Waals surface area (Å²) in [7, 11) is -3.55. The molecule has 180 valence electrons. The van der Waals surface area contributed by atoms with Crippen LogP contribution in [0, 0.1) is 12.8 Å². The number of hydrogen-bond acceptors (Lipinski definition) is 5. The second kappa shape index (κ2) is 11.3. The average Bonchev–Trinajstić information content (AvgIpc) is 3.31. The molecule has 2 aromatic carbocycles. The van der Waals surface area contributed by atoms with Crippen LogP contribution in [0.3, 0.4) is 0 Å². The summed E-state index contributed by atoms with van der Waals surface area (Å²) in [4.78, 5) is 13.7. The largest absolute Gasteiger partial charge is 0.372 e. The van der Waals surface area contributed by atoms with Gasteiger partial charge in [0.05, 0.1) is 19.1 Å². The Kier molecular flexibility index (Phi) is 8.15. The lowest BCUT2D eigenvalue weighted by Crippen LogP contribution is -2.45. The van der Waals surface area contributed by atoms with Gasteiger partial charge in [-0.05, 0) is 48.6 Å². The van der Waals surface area contributed by atoms with Crippen LogP contribution in [0.2, 0.25) is 0 Å². The third-order valence-corrected chi connectivity index (χ3v) is 9.27. The van der Waals surface area contributed by atoms with Crippen molar-refractivity contribution >= 4 is 27.3 Å². The van der Waals surface area contributed by atoms with Gasteiger partial charge in [0.2, 0.25) is 5.91 Å². The molecule has 4 rings (SSSR count). The van der Waals surface area contributed by atoms with Crippen LogP contribution in [0.5, 0.6) is 0 Å². The molecule has 8 heteroatoms. The van der Waals surface area contributed by atoms with E-state index in [1.165, 1.54) is 15.6 Å². The van der Waals surface area contributed by atoms with E-state index in [0.29, 0.717) is 43.4 Å². The summed E-state index contributed by atoms with van der Waals surface area (Å²) in [6.07, 6.45) is 1.37. The second-order valence-corrected chi connectivity index (χ2v) is 12.0. The lowest BCUT2D eigenvalue weighted by atomic mass is 9.98. The first-order valence-electron chi connectivity index (χ1n) is 11.5. The standard InChI is InChI=1S/C26H30N2O4S2/c1-20-9-14-25(33-20)34(30,31)28-15-5-8-24(17-28)26(29)27-16-21-10-12-23(13-11-21)19-32-18-22-6-3-2-4-7-22/h2-4,6-7,9-14,24H,5,8,15-19H2,1H3,(H,27,29). The van der Waals surface area contributed by atoms with E-state index in [4.69, 9.17) is 4.74 Å². The number of nitrogens with zero attached hydrogens (tertiary/aromatic N) is 1. The van der Waals surface area contributed by atoms with Crippen LogP contribution in [-0.2, 0) is 39.3 Å². The number of hydrogen-bond donors (Lipinski definition) is 1. The average molecular weight is 499 g/mol. The smallest absolute Gasteiger partial charge is 0.252 e. The summed E-state index contributed by atoms with van der Waals surface area (Å²) in [6.45, 7) is 4.08. The van der Waals surface area contributed by atoms with E-state index in [9.17, 15) is 13.2 Å². The number of nitrogens with one attached hydrogen (secondary N) is 1. The van der Waals surface area contributed by atoms with Gasteiger partial charge in [-0.2, -0.15) is 4.31 Å². The first kappa shape index (κ1) is 24.6. The SMILES string of the molecule is Cc1ccc(S(=O)(=O)N2CCCC(C(=O)NCc3ccc(COCc4ccccc4)cc3)C2)s1. The van der Waals surface area contributed by atoms with Gasteiger partial charge in [0.15, 0.2) is 0 Å². The number of benzene rings is 2. The van der Waals surface area contributed by atoms with E-state index in [-0.39, 0.29) is 18.4 Å². The molecule has 1 aliphatic rings. The molecule has 1 atom stereocenters. The zero-order valence-corrected chi connectivity index (χ0v) is 20.9. The summed E-state index contributed by atoms with van der Waals surface area (Å²) in [6, 6.07) is 21.5. The Morgan fingerprint density at radius 3 is 2.35 bits per heavy atom. The fraction of sp³-hybridized carbons (Fsp3) is 0.346. The van der Waals surface area contributed by atoms with Crippen molar-refractivity contribution in [3.8, 4) is 0 Å². The third-order valence-electron chi connectivity index (χ3n) is 5.93. The van der Waals surface area contributed by atoms with Crippen molar-refractivity contribution in [1.29, 1.82) is 0 Å². The maximum atomic E-state index is 12.9. The number of rotatable bonds is 9. The van der Waals surface area contributed by atoms with Gasteiger partial charge < -0.3 is 10.1 Å². The number of amides is 1. The van der Waals surface area contributed by atoms with E-state index in [2.05, 4.69) is 5.32 Å². The number of carbonyl (C=O) groups is 1. The van der Waals surface area contributed by atoms with Gasteiger partial charge in [0.1, 0.15) is 4.21 Å². The van der Waals surface area contributed by atoms with Gasteiger partial charge in [-0.3, -0.25) is 4.79 Å². The number of carbonyl (C=O) groups excluding carboxylic acids is 1. The van der Waals surface area contributed by atoms with Crippen molar-refractivity contribution in [3.63, 3.8) is 0 Å². The van der Waals surface area contributed by atoms with E-state index in [1.807, 2.05) is 67.6 Å². The molecule has 2 heterocycles. The highest BCUT2D eigenvalue weighted by Gasteiger charge is 2.33. The molecular weight excluding hydrogens is 468 g/mol. The van der Waals surface area contributed by atoms with E-state index < -0.39 is 10.0 Å². The quantitative estimate of drug-likeness (QED) is 0.472. The van der Waals surface area contributed by atoms with Gasteiger partial charge in [0, 0.05) is 24.5 Å². The molecule has 0 saturated carbocycles. The van der Waals surface area contributed by atoms with Gasteiger partial charge in [0.25, 0.3) is 10.0 Å². The van der Waals surface area contributed by atoms with Crippen molar-refractivity contribution in [2.45, 2.75) is 43.7 Å². The van der Waals surface area contributed by atoms with Crippen LogP contribution in [0.1, 0.15) is 34.4 Å². The molecule has 0 bridgehead atoms. The minimum atomic E-state index is -3.55. The summed E-state index contributed by atoms with van der Waals surface area (Å²) in [5.41, 5.74) is 3.21. The van der Waals surface area contributed by atoms with E-state index in [1.54, 1.807) is 6.07 Å². The first-order chi connectivity index (χ1) is 16.4. The summed E-state index contributed by atoms with van der Waals surface area (Å²) < 4.78 is 33.4. The number of piperidine rings is 1. The Morgan fingerprint density at radius 2 is 1.68 bits per heavy atom. The highest BCUT2D eigenvalue weighted by atomic mass is 32.2. The Morgan fingerprint density at radius 1 is 1.00 bits per heavy atom. The summed E-state index contributed by atoms with van der Waals surface area (Å²) in [5.74, 6) is -0.437. The maximum Gasteiger partial charge on any atom is 0.252 e.